The maximum absolute atomic E-state index is 11.1. The van der Waals surface area contributed by atoms with Gasteiger partial charge >= 0.3 is 0 Å². The SMILES string of the molecule is CNS(=O)(=O)Nc1ccc(N)cc1Cl. The summed E-state index contributed by atoms with van der Waals surface area (Å²) in [4.78, 5) is 0. The van der Waals surface area contributed by atoms with Crippen molar-refractivity contribution in [1.29, 1.82) is 0 Å². The van der Waals surface area contributed by atoms with Crippen LogP contribution in [0.5, 0.6) is 0 Å². The number of nitrogen functional groups attached to an aromatic ring is 1. The van der Waals surface area contributed by atoms with Crippen LogP contribution in [0.15, 0.2) is 18.2 Å². The van der Waals surface area contributed by atoms with E-state index in [4.69, 9.17) is 17.3 Å². The molecular weight excluding hydrogens is 226 g/mol. The molecule has 0 aliphatic carbocycles. The number of benzene rings is 1. The summed E-state index contributed by atoms with van der Waals surface area (Å²) in [5.74, 6) is 0. The molecule has 0 atom stereocenters. The van der Waals surface area contributed by atoms with Crippen LogP contribution in [0.3, 0.4) is 0 Å². The van der Waals surface area contributed by atoms with Gasteiger partial charge in [-0.25, -0.2) is 4.72 Å². The fraction of sp³-hybridized carbons (Fsp3) is 0.143. The van der Waals surface area contributed by atoms with Crippen molar-refractivity contribution < 1.29 is 8.42 Å². The van der Waals surface area contributed by atoms with Crippen LogP contribution >= 0.6 is 11.6 Å². The van der Waals surface area contributed by atoms with Gasteiger partial charge in [0.25, 0.3) is 10.2 Å². The van der Waals surface area contributed by atoms with E-state index >= 15 is 0 Å². The zero-order valence-electron chi connectivity index (χ0n) is 7.41. The summed E-state index contributed by atoms with van der Waals surface area (Å²) >= 11 is 5.76. The molecule has 1 aromatic carbocycles. The van der Waals surface area contributed by atoms with Gasteiger partial charge in [0.1, 0.15) is 0 Å². The second kappa shape index (κ2) is 4.04. The molecule has 1 aromatic rings. The van der Waals surface area contributed by atoms with E-state index in [1.165, 1.54) is 19.2 Å². The predicted molar refractivity (Wildman–Crippen MR) is 57.5 cm³/mol. The van der Waals surface area contributed by atoms with Crippen LogP contribution in [-0.4, -0.2) is 15.5 Å². The molecule has 7 heteroatoms. The van der Waals surface area contributed by atoms with Crippen molar-refractivity contribution >= 4 is 33.2 Å². The van der Waals surface area contributed by atoms with E-state index in [1.54, 1.807) is 6.07 Å². The Bertz CT molecular complexity index is 433. The minimum Gasteiger partial charge on any atom is -0.399 e. The quantitative estimate of drug-likeness (QED) is 0.678. The lowest BCUT2D eigenvalue weighted by molar-refractivity contribution is 0.593. The summed E-state index contributed by atoms with van der Waals surface area (Å²) in [6, 6.07) is 4.51. The first kappa shape index (κ1) is 11.1. The predicted octanol–water partition coefficient (Wildman–Crippen LogP) is 0.798. The average Bonchev–Trinajstić information content (AvgIpc) is 2.10. The van der Waals surface area contributed by atoms with E-state index in [-0.39, 0.29) is 10.7 Å². The molecule has 0 saturated carbocycles. The molecule has 0 bridgehead atoms. The largest absolute Gasteiger partial charge is 0.399 e. The number of anilines is 2. The third kappa shape index (κ3) is 2.76. The van der Waals surface area contributed by atoms with Gasteiger partial charge in [-0.1, -0.05) is 11.6 Å². The average molecular weight is 236 g/mol. The van der Waals surface area contributed by atoms with Crippen LogP contribution in [0.25, 0.3) is 0 Å². The standard InChI is InChI=1S/C7H10ClN3O2S/c1-10-14(12,13)11-7-3-2-5(9)4-6(7)8/h2-4,10-11H,9H2,1H3. The van der Waals surface area contributed by atoms with Crippen LogP contribution in [0, 0.1) is 0 Å². The normalized spacial score (nSPS) is 11.3. The lowest BCUT2D eigenvalue weighted by Crippen LogP contribution is -2.26. The Balaban J connectivity index is 2.99. The van der Waals surface area contributed by atoms with Gasteiger partial charge in [-0.15, -0.1) is 0 Å². The van der Waals surface area contributed by atoms with Crippen molar-refractivity contribution in [2.45, 2.75) is 0 Å². The third-order valence-electron chi connectivity index (χ3n) is 1.51. The molecule has 1 rings (SSSR count). The Morgan fingerprint density at radius 3 is 2.57 bits per heavy atom. The highest BCUT2D eigenvalue weighted by Crippen LogP contribution is 2.24. The summed E-state index contributed by atoms with van der Waals surface area (Å²) in [7, 11) is -2.23. The van der Waals surface area contributed by atoms with Crippen molar-refractivity contribution in [2.75, 3.05) is 17.5 Å². The first-order valence-electron chi connectivity index (χ1n) is 3.71. The summed E-state index contributed by atoms with van der Waals surface area (Å²) in [6.45, 7) is 0. The zero-order valence-corrected chi connectivity index (χ0v) is 8.98. The van der Waals surface area contributed by atoms with Crippen molar-refractivity contribution in [3.05, 3.63) is 23.2 Å². The van der Waals surface area contributed by atoms with Crippen molar-refractivity contribution in [1.82, 2.24) is 4.72 Å². The highest BCUT2D eigenvalue weighted by Gasteiger charge is 2.08. The monoisotopic (exact) mass is 235 g/mol. The minimum absolute atomic E-state index is 0.254. The first-order chi connectivity index (χ1) is 6.44. The van der Waals surface area contributed by atoms with Crippen LogP contribution in [0.2, 0.25) is 5.02 Å². The van der Waals surface area contributed by atoms with E-state index in [9.17, 15) is 8.42 Å². The second-order valence-corrected chi connectivity index (χ2v) is 4.58. The molecule has 78 valence electrons. The number of hydrogen-bond donors (Lipinski definition) is 3. The molecule has 0 saturated heterocycles. The van der Waals surface area contributed by atoms with Crippen molar-refractivity contribution in [3.63, 3.8) is 0 Å². The second-order valence-electron chi connectivity index (χ2n) is 2.55. The van der Waals surface area contributed by atoms with Crippen LogP contribution in [-0.2, 0) is 10.2 Å². The maximum Gasteiger partial charge on any atom is 0.298 e. The van der Waals surface area contributed by atoms with Gasteiger partial charge < -0.3 is 5.73 Å². The highest BCUT2D eigenvalue weighted by molar-refractivity contribution is 7.90. The zero-order chi connectivity index (χ0) is 10.8. The Hall–Kier alpha value is -0.980. The fourth-order valence-electron chi connectivity index (χ4n) is 0.810. The Labute approximate surface area is 87.4 Å². The molecule has 0 unspecified atom stereocenters. The number of rotatable bonds is 3. The van der Waals surface area contributed by atoms with Gasteiger partial charge in [-0.2, -0.15) is 8.42 Å². The third-order valence-corrected chi connectivity index (χ3v) is 2.85. The molecule has 0 amide bonds. The highest BCUT2D eigenvalue weighted by atomic mass is 35.5. The minimum atomic E-state index is -3.53. The van der Waals surface area contributed by atoms with E-state index in [0.717, 1.165) is 0 Å². The van der Waals surface area contributed by atoms with Gasteiger partial charge in [0.05, 0.1) is 10.7 Å². The molecule has 0 aliphatic rings. The molecule has 0 spiro atoms. The van der Waals surface area contributed by atoms with Crippen LogP contribution in [0.1, 0.15) is 0 Å². The van der Waals surface area contributed by atoms with Crippen molar-refractivity contribution in [2.24, 2.45) is 0 Å². The first-order valence-corrected chi connectivity index (χ1v) is 5.57. The van der Waals surface area contributed by atoms with Gasteiger partial charge in [-0.05, 0) is 18.2 Å². The molecule has 0 fully saturated rings. The molecule has 5 nitrogen and oxygen atoms in total. The molecule has 14 heavy (non-hydrogen) atoms. The van der Waals surface area contributed by atoms with Crippen LogP contribution < -0.4 is 15.2 Å². The summed E-state index contributed by atoms with van der Waals surface area (Å²) in [5.41, 5.74) is 6.21. The van der Waals surface area contributed by atoms with E-state index in [0.29, 0.717) is 5.69 Å². The molecule has 0 radical (unpaired) electrons. The number of nitrogens with two attached hydrogens (primary N) is 1. The topological polar surface area (TPSA) is 84.2 Å². The number of halogens is 1. The molecular formula is C7H10ClN3O2S. The van der Waals surface area contributed by atoms with E-state index < -0.39 is 10.2 Å². The van der Waals surface area contributed by atoms with Crippen molar-refractivity contribution in [3.8, 4) is 0 Å². The van der Waals surface area contributed by atoms with Gasteiger partial charge in [-0.3, -0.25) is 4.72 Å². The Morgan fingerprint density at radius 1 is 1.43 bits per heavy atom. The summed E-state index contributed by atoms with van der Waals surface area (Å²) in [5, 5.41) is 0.254. The Kier molecular flexibility index (Phi) is 3.20. The molecule has 0 aliphatic heterocycles. The van der Waals surface area contributed by atoms with Gasteiger partial charge in [0.15, 0.2) is 0 Å². The smallest absolute Gasteiger partial charge is 0.298 e. The van der Waals surface area contributed by atoms with Gasteiger partial charge in [0, 0.05) is 12.7 Å². The number of nitrogens with one attached hydrogen (secondary N) is 2. The van der Waals surface area contributed by atoms with E-state index in [1.807, 2.05) is 0 Å². The van der Waals surface area contributed by atoms with Gasteiger partial charge in [0.2, 0.25) is 0 Å². The number of hydrogen-bond acceptors (Lipinski definition) is 3. The summed E-state index contributed by atoms with van der Waals surface area (Å²) < 4.78 is 26.5. The molecule has 0 aromatic heterocycles. The van der Waals surface area contributed by atoms with Crippen LogP contribution in [0.4, 0.5) is 11.4 Å². The molecule has 4 N–H and O–H groups in total. The summed E-state index contributed by atoms with van der Waals surface area (Å²) in [6.07, 6.45) is 0. The maximum atomic E-state index is 11.1. The fourth-order valence-corrected chi connectivity index (χ4v) is 1.67. The Morgan fingerprint density at radius 2 is 2.07 bits per heavy atom. The molecule has 0 heterocycles. The van der Waals surface area contributed by atoms with E-state index in [2.05, 4.69) is 9.44 Å². The lowest BCUT2D eigenvalue weighted by Gasteiger charge is -2.08. The lowest BCUT2D eigenvalue weighted by atomic mass is 10.3.